The van der Waals surface area contributed by atoms with E-state index in [-0.39, 0.29) is 27.6 Å². The lowest BCUT2D eigenvalue weighted by Crippen LogP contribution is -3.00. The summed E-state index contributed by atoms with van der Waals surface area (Å²) in [5.41, 5.74) is 3.46. The van der Waals surface area contributed by atoms with Gasteiger partial charge in [-0.05, 0) is 30.7 Å². The van der Waals surface area contributed by atoms with Crippen LogP contribution in [0.1, 0.15) is 22.4 Å². The fraction of sp³-hybridized carbons (Fsp3) is 0.400. The lowest BCUT2D eigenvalue weighted by Gasteiger charge is -2.29. The molecule has 0 fully saturated rings. The first-order valence-electron chi connectivity index (χ1n) is 8.83. The normalized spacial score (nSPS) is 10.9. The molecule has 1 heterocycles. The molecule has 0 aliphatic heterocycles. The summed E-state index contributed by atoms with van der Waals surface area (Å²) in [5, 5.41) is 21.0. The fourth-order valence-electron chi connectivity index (χ4n) is 2.89. The number of non-ortho nitro benzene ring substituents is 1. The Labute approximate surface area is 186 Å². The smallest absolute Gasteiger partial charge is 0.269 e. The Morgan fingerprint density at radius 3 is 2.52 bits per heavy atom. The molecular weight excluding hydrogens is 456 g/mol. The number of halogens is 1. The van der Waals surface area contributed by atoms with Gasteiger partial charge in [0.1, 0.15) is 17.6 Å². The average Bonchev–Trinajstić information content (AvgIpc) is 2.61. The summed E-state index contributed by atoms with van der Waals surface area (Å²) < 4.78 is 5.92. The number of ether oxygens (including phenoxy) is 1. The zero-order valence-electron chi connectivity index (χ0n) is 17.0. The van der Waals surface area contributed by atoms with Crippen LogP contribution in [-0.2, 0) is 17.9 Å². The van der Waals surface area contributed by atoms with Crippen LogP contribution in [-0.4, -0.2) is 47.9 Å². The average molecular weight is 481 g/mol. The zero-order chi connectivity index (χ0) is 20.7. The van der Waals surface area contributed by atoms with Crippen LogP contribution >= 0.6 is 11.8 Å². The number of nitro groups is 1. The molecule has 1 aromatic heterocycles. The van der Waals surface area contributed by atoms with E-state index in [1.807, 2.05) is 13.0 Å². The minimum atomic E-state index is -0.389. The Morgan fingerprint density at radius 1 is 1.31 bits per heavy atom. The highest BCUT2D eigenvalue weighted by Gasteiger charge is 2.18. The molecule has 0 unspecified atom stereocenters. The molecule has 0 spiro atoms. The molecule has 2 rings (SSSR count). The van der Waals surface area contributed by atoms with Gasteiger partial charge in [0, 0.05) is 36.3 Å². The molecule has 0 N–H and O–H groups in total. The van der Waals surface area contributed by atoms with Crippen LogP contribution < -0.4 is 17.0 Å². The first-order chi connectivity index (χ1) is 13.3. The molecule has 156 valence electrons. The number of aromatic nitrogens is 1. The van der Waals surface area contributed by atoms with Crippen molar-refractivity contribution in [3.8, 4) is 6.07 Å². The number of aryl methyl sites for hydroxylation is 1. The lowest BCUT2D eigenvalue weighted by atomic mass is 10.1. The monoisotopic (exact) mass is 480 g/mol. The Bertz CT molecular complexity index is 883. The van der Waals surface area contributed by atoms with Crippen LogP contribution in [0.25, 0.3) is 0 Å². The second kappa shape index (κ2) is 11.3. The lowest BCUT2D eigenvalue weighted by molar-refractivity contribution is -0.901. The maximum atomic E-state index is 10.8. The van der Waals surface area contributed by atoms with Crippen molar-refractivity contribution < 1.29 is 31.1 Å². The van der Waals surface area contributed by atoms with Gasteiger partial charge in [-0.25, -0.2) is 4.98 Å². The summed E-state index contributed by atoms with van der Waals surface area (Å²) in [6, 6.07) is 10.8. The minimum Gasteiger partial charge on any atom is -1.00 e. The number of thioether (sulfide) groups is 1. The SMILES string of the molecule is COCc1cc(C)nc(SCC[N+](C)(C)Cc2ccc([N+](=O)[O-])cc2)c1C#N.[Br-]. The molecule has 0 saturated carbocycles. The predicted octanol–water partition coefficient (Wildman–Crippen LogP) is 0.689. The van der Waals surface area contributed by atoms with Gasteiger partial charge in [-0.1, -0.05) is 11.8 Å². The minimum absolute atomic E-state index is 0. The number of nitro benzene ring substituents is 1. The van der Waals surface area contributed by atoms with Crippen LogP contribution in [0.2, 0.25) is 0 Å². The van der Waals surface area contributed by atoms with E-state index in [2.05, 4.69) is 25.1 Å². The molecule has 29 heavy (non-hydrogen) atoms. The van der Waals surface area contributed by atoms with E-state index in [1.54, 1.807) is 31.0 Å². The number of benzene rings is 1. The van der Waals surface area contributed by atoms with Crippen LogP contribution in [0.15, 0.2) is 35.4 Å². The van der Waals surface area contributed by atoms with Crippen molar-refractivity contribution in [3.63, 3.8) is 0 Å². The number of hydrogen-bond acceptors (Lipinski definition) is 6. The molecule has 0 saturated heterocycles. The Balaban J connectivity index is 0.00000420. The standard InChI is InChI=1S/C20H25N4O3S.BrH/c1-15-11-17(14-27-4)19(12-21)20(22-15)28-10-9-24(2,3)13-16-5-7-18(8-6-16)23(25)26;/h5-8,11H,9-10,13-14H2,1-4H3;1H/q+1;/p-1. The van der Waals surface area contributed by atoms with Gasteiger partial charge in [0.05, 0.1) is 37.7 Å². The number of hydrogen-bond donors (Lipinski definition) is 0. The van der Waals surface area contributed by atoms with Gasteiger partial charge in [0.2, 0.25) is 0 Å². The topological polar surface area (TPSA) is 89.1 Å². The van der Waals surface area contributed by atoms with E-state index in [9.17, 15) is 15.4 Å². The molecule has 1 aromatic carbocycles. The third-order valence-corrected chi connectivity index (χ3v) is 5.26. The van der Waals surface area contributed by atoms with Crippen molar-refractivity contribution in [2.45, 2.75) is 25.1 Å². The van der Waals surface area contributed by atoms with Crippen LogP contribution in [0.4, 0.5) is 5.69 Å². The molecule has 0 radical (unpaired) electrons. The summed E-state index contributed by atoms with van der Waals surface area (Å²) in [6.07, 6.45) is 0. The summed E-state index contributed by atoms with van der Waals surface area (Å²) in [7, 11) is 5.85. The summed E-state index contributed by atoms with van der Waals surface area (Å²) in [4.78, 5) is 14.9. The molecule has 0 amide bonds. The summed E-state index contributed by atoms with van der Waals surface area (Å²) in [6.45, 7) is 3.93. The maximum absolute atomic E-state index is 10.8. The van der Waals surface area contributed by atoms with E-state index in [1.165, 1.54) is 12.1 Å². The van der Waals surface area contributed by atoms with Gasteiger partial charge >= 0.3 is 0 Å². The molecule has 0 aliphatic carbocycles. The fourth-order valence-corrected chi connectivity index (χ4v) is 4.20. The Hall–Kier alpha value is -1.99. The van der Waals surface area contributed by atoms with Crippen LogP contribution in [0.5, 0.6) is 0 Å². The van der Waals surface area contributed by atoms with Crippen molar-refractivity contribution in [3.05, 3.63) is 62.8 Å². The summed E-state index contributed by atoms with van der Waals surface area (Å²) >= 11 is 1.58. The van der Waals surface area contributed by atoms with Gasteiger partial charge < -0.3 is 26.2 Å². The third kappa shape index (κ3) is 7.40. The van der Waals surface area contributed by atoms with E-state index < -0.39 is 0 Å². The second-order valence-corrected chi connectivity index (χ2v) is 8.32. The first-order valence-corrected chi connectivity index (χ1v) is 9.82. The van der Waals surface area contributed by atoms with Gasteiger partial charge in [0.15, 0.2) is 0 Å². The van der Waals surface area contributed by atoms with Crippen LogP contribution in [0.3, 0.4) is 0 Å². The van der Waals surface area contributed by atoms with Crippen molar-refractivity contribution in [2.24, 2.45) is 0 Å². The third-order valence-electron chi connectivity index (χ3n) is 4.30. The number of nitriles is 1. The molecule has 2 aromatic rings. The molecule has 9 heteroatoms. The second-order valence-electron chi connectivity index (χ2n) is 7.24. The van der Waals surface area contributed by atoms with E-state index >= 15 is 0 Å². The van der Waals surface area contributed by atoms with Crippen molar-refractivity contribution in [1.82, 2.24) is 4.98 Å². The largest absolute Gasteiger partial charge is 1.00 e. The van der Waals surface area contributed by atoms with Gasteiger partial charge in [0.25, 0.3) is 5.69 Å². The molecule has 7 nitrogen and oxygen atoms in total. The molecular formula is C20H25BrN4O3S. The van der Waals surface area contributed by atoms with E-state index in [4.69, 9.17) is 4.74 Å². The van der Waals surface area contributed by atoms with E-state index in [0.717, 1.165) is 45.2 Å². The Kier molecular flexibility index (Phi) is 9.73. The first kappa shape index (κ1) is 25.0. The quantitative estimate of drug-likeness (QED) is 0.227. The highest BCUT2D eigenvalue weighted by molar-refractivity contribution is 7.99. The molecule has 0 bridgehead atoms. The highest BCUT2D eigenvalue weighted by Crippen LogP contribution is 2.25. The van der Waals surface area contributed by atoms with Crippen molar-refractivity contribution in [1.29, 1.82) is 5.26 Å². The Morgan fingerprint density at radius 2 is 1.97 bits per heavy atom. The zero-order valence-corrected chi connectivity index (χ0v) is 19.4. The molecule has 0 atom stereocenters. The van der Waals surface area contributed by atoms with Gasteiger partial charge in [-0.15, -0.1) is 0 Å². The number of nitrogens with zero attached hydrogens (tertiary/aromatic N) is 4. The van der Waals surface area contributed by atoms with Crippen molar-refractivity contribution >= 4 is 17.4 Å². The maximum Gasteiger partial charge on any atom is 0.269 e. The number of methoxy groups -OCH3 is 1. The number of quaternary nitrogens is 1. The van der Waals surface area contributed by atoms with Gasteiger partial charge in [-0.3, -0.25) is 10.1 Å². The van der Waals surface area contributed by atoms with Crippen LogP contribution in [0, 0.1) is 28.4 Å². The number of rotatable bonds is 9. The van der Waals surface area contributed by atoms with E-state index in [0.29, 0.717) is 12.2 Å². The number of pyridine rings is 1. The summed E-state index contributed by atoms with van der Waals surface area (Å²) in [5.74, 6) is 0.803. The van der Waals surface area contributed by atoms with Gasteiger partial charge in [-0.2, -0.15) is 5.26 Å². The van der Waals surface area contributed by atoms with Crippen molar-refractivity contribution in [2.75, 3.05) is 33.5 Å². The molecule has 0 aliphatic rings. The highest BCUT2D eigenvalue weighted by atomic mass is 79.9. The predicted molar refractivity (Wildman–Crippen MR) is 109 cm³/mol.